The van der Waals surface area contributed by atoms with Crippen molar-refractivity contribution in [3.8, 4) is 17.1 Å². The zero-order valence-electron chi connectivity index (χ0n) is 9.11. The zero-order valence-corrected chi connectivity index (χ0v) is 9.87. The zero-order chi connectivity index (χ0) is 12.7. The number of H-pyrrole nitrogens is 1. The van der Waals surface area contributed by atoms with Crippen LogP contribution in [0.2, 0.25) is 5.02 Å². The average molecular weight is 263 g/mol. The molecular formula is C13H8ClFN2O. The number of benzene rings is 2. The van der Waals surface area contributed by atoms with Crippen LogP contribution in [0.25, 0.3) is 22.4 Å². The predicted octanol–water partition coefficient (Wildman–Crippen LogP) is 3.73. The monoisotopic (exact) mass is 262 g/mol. The van der Waals surface area contributed by atoms with E-state index in [4.69, 9.17) is 11.6 Å². The number of nitrogens with one attached hydrogen (secondary N) is 1. The number of hydrogen-bond acceptors (Lipinski definition) is 2. The van der Waals surface area contributed by atoms with Crippen molar-refractivity contribution in [1.29, 1.82) is 0 Å². The van der Waals surface area contributed by atoms with E-state index in [-0.39, 0.29) is 22.2 Å². The summed E-state index contributed by atoms with van der Waals surface area (Å²) in [5.74, 6) is -0.625. The van der Waals surface area contributed by atoms with Gasteiger partial charge >= 0.3 is 0 Å². The summed E-state index contributed by atoms with van der Waals surface area (Å²) in [6.45, 7) is 0. The number of para-hydroxylation sites is 2. The largest absolute Gasteiger partial charge is 0.507 e. The molecule has 0 bridgehead atoms. The fourth-order valence-corrected chi connectivity index (χ4v) is 1.99. The van der Waals surface area contributed by atoms with Crippen molar-refractivity contribution in [2.75, 3.05) is 0 Å². The van der Waals surface area contributed by atoms with E-state index in [0.717, 1.165) is 5.52 Å². The Bertz CT molecular complexity index is 706. The normalized spacial score (nSPS) is 11.0. The summed E-state index contributed by atoms with van der Waals surface area (Å²) in [5.41, 5.74) is 1.45. The molecule has 0 unspecified atom stereocenters. The first-order chi connectivity index (χ1) is 8.66. The molecule has 0 aliphatic carbocycles. The van der Waals surface area contributed by atoms with E-state index in [0.29, 0.717) is 5.52 Å². The van der Waals surface area contributed by atoms with Gasteiger partial charge in [-0.15, -0.1) is 0 Å². The van der Waals surface area contributed by atoms with Crippen molar-refractivity contribution in [2.45, 2.75) is 0 Å². The summed E-state index contributed by atoms with van der Waals surface area (Å²) in [4.78, 5) is 7.18. The third kappa shape index (κ3) is 1.62. The van der Waals surface area contributed by atoms with Gasteiger partial charge in [-0.2, -0.15) is 0 Å². The lowest BCUT2D eigenvalue weighted by atomic mass is 10.2. The second-order valence-corrected chi connectivity index (χ2v) is 4.27. The Hall–Kier alpha value is -2.07. The quantitative estimate of drug-likeness (QED) is 0.702. The van der Waals surface area contributed by atoms with Crippen LogP contribution in [0.3, 0.4) is 0 Å². The average Bonchev–Trinajstić information content (AvgIpc) is 2.77. The molecule has 0 aliphatic heterocycles. The van der Waals surface area contributed by atoms with Crippen molar-refractivity contribution in [3.63, 3.8) is 0 Å². The van der Waals surface area contributed by atoms with E-state index in [1.54, 1.807) is 6.07 Å². The Morgan fingerprint density at radius 2 is 1.94 bits per heavy atom. The molecule has 1 aromatic heterocycles. The first-order valence-corrected chi connectivity index (χ1v) is 5.66. The maximum Gasteiger partial charge on any atom is 0.156 e. The molecule has 0 saturated heterocycles. The number of nitrogens with zero attached hydrogens (tertiary/aromatic N) is 1. The fraction of sp³-hybridized carbons (Fsp3) is 0. The Morgan fingerprint density at radius 1 is 1.17 bits per heavy atom. The van der Waals surface area contributed by atoms with Crippen LogP contribution >= 0.6 is 11.6 Å². The summed E-state index contributed by atoms with van der Waals surface area (Å²) in [5, 5.41) is 9.68. The lowest BCUT2D eigenvalue weighted by molar-refractivity contribution is 0.471. The summed E-state index contributed by atoms with van der Waals surface area (Å²) in [7, 11) is 0. The van der Waals surface area contributed by atoms with E-state index in [1.807, 2.05) is 18.2 Å². The maximum atomic E-state index is 13.9. The minimum Gasteiger partial charge on any atom is -0.507 e. The Labute approximate surface area is 107 Å². The number of rotatable bonds is 1. The standard InChI is InChI=1S/C13H8ClFN2O/c14-7-5-6-10(18)11(12(7)15)13-16-8-3-1-2-4-9(8)17-13/h1-6,18H,(H,16,17). The Kier molecular flexibility index (Phi) is 2.45. The maximum absolute atomic E-state index is 13.9. The molecule has 5 heteroatoms. The molecule has 3 aromatic rings. The number of aromatic hydroxyl groups is 1. The predicted molar refractivity (Wildman–Crippen MR) is 68.2 cm³/mol. The van der Waals surface area contributed by atoms with Crippen LogP contribution < -0.4 is 0 Å². The van der Waals surface area contributed by atoms with Crippen molar-refractivity contribution in [2.24, 2.45) is 0 Å². The lowest BCUT2D eigenvalue weighted by Crippen LogP contribution is -1.88. The third-order valence-corrected chi connectivity index (χ3v) is 2.99. The topological polar surface area (TPSA) is 48.9 Å². The van der Waals surface area contributed by atoms with Gasteiger partial charge in [0.1, 0.15) is 11.6 Å². The van der Waals surface area contributed by atoms with Crippen molar-refractivity contribution >= 4 is 22.6 Å². The Morgan fingerprint density at radius 3 is 2.72 bits per heavy atom. The van der Waals surface area contributed by atoms with E-state index < -0.39 is 5.82 Å². The van der Waals surface area contributed by atoms with Crippen LogP contribution in [-0.4, -0.2) is 15.1 Å². The molecule has 2 aromatic carbocycles. The lowest BCUT2D eigenvalue weighted by Gasteiger charge is -2.04. The molecule has 1 heterocycles. The van der Waals surface area contributed by atoms with Gasteiger partial charge in [-0.05, 0) is 24.3 Å². The van der Waals surface area contributed by atoms with Gasteiger partial charge in [0.25, 0.3) is 0 Å². The summed E-state index contributed by atoms with van der Waals surface area (Å²) >= 11 is 5.71. The van der Waals surface area contributed by atoms with Crippen LogP contribution in [0.1, 0.15) is 0 Å². The number of imidazole rings is 1. The van der Waals surface area contributed by atoms with Gasteiger partial charge in [-0.1, -0.05) is 23.7 Å². The van der Waals surface area contributed by atoms with Gasteiger partial charge in [0.2, 0.25) is 0 Å². The van der Waals surface area contributed by atoms with Crippen LogP contribution in [0.15, 0.2) is 36.4 Å². The molecule has 0 atom stereocenters. The van der Waals surface area contributed by atoms with Gasteiger partial charge < -0.3 is 10.1 Å². The molecule has 0 spiro atoms. The molecule has 0 radical (unpaired) electrons. The smallest absolute Gasteiger partial charge is 0.156 e. The molecule has 0 amide bonds. The van der Waals surface area contributed by atoms with E-state index in [1.165, 1.54) is 12.1 Å². The second-order valence-electron chi connectivity index (χ2n) is 3.86. The summed E-state index contributed by atoms with van der Waals surface area (Å²) in [6.07, 6.45) is 0. The highest BCUT2D eigenvalue weighted by Gasteiger charge is 2.17. The molecule has 0 fully saturated rings. The van der Waals surface area contributed by atoms with Crippen LogP contribution in [0.4, 0.5) is 4.39 Å². The number of aromatic nitrogens is 2. The van der Waals surface area contributed by atoms with Gasteiger partial charge in [0.05, 0.1) is 21.6 Å². The third-order valence-electron chi connectivity index (χ3n) is 2.70. The Balaban J connectivity index is 2.29. The number of aromatic amines is 1. The molecule has 18 heavy (non-hydrogen) atoms. The number of phenolic OH excluding ortho intramolecular Hbond substituents is 1. The highest BCUT2D eigenvalue weighted by atomic mass is 35.5. The van der Waals surface area contributed by atoms with Crippen LogP contribution in [-0.2, 0) is 0 Å². The highest BCUT2D eigenvalue weighted by Crippen LogP contribution is 2.34. The first-order valence-electron chi connectivity index (χ1n) is 5.29. The number of halogens is 2. The second kappa shape index (κ2) is 3.99. The van der Waals surface area contributed by atoms with E-state index in [2.05, 4.69) is 9.97 Å². The molecule has 3 rings (SSSR count). The van der Waals surface area contributed by atoms with Crippen LogP contribution in [0.5, 0.6) is 5.75 Å². The minimum absolute atomic E-state index is 0.0151. The van der Waals surface area contributed by atoms with Gasteiger partial charge in [-0.25, -0.2) is 9.37 Å². The summed E-state index contributed by atoms with van der Waals surface area (Å²) in [6, 6.07) is 9.95. The van der Waals surface area contributed by atoms with Gasteiger partial charge in [0.15, 0.2) is 5.82 Å². The summed E-state index contributed by atoms with van der Waals surface area (Å²) < 4.78 is 13.9. The number of phenols is 1. The van der Waals surface area contributed by atoms with Crippen molar-refractivity contribution in [1.82, 2.24) is 9.97 Å². The molecule has 0 aliphatic rings. The van der Waals surface area contributed by atoms with Crippen molar-refractivity contribution < 1.29 is 9.50 Å². The first kappa shape index (κ1) is 11.0. The molecule has 90 valence electrons. The highest BCUT2D eigenvalue weighted by molar-refractivity contribution is 6.31. The van der Waals surface area contributed by atoms with Gasteiger partial charge in [-0.3, -0.25) is 0 Å². The molecule has 0 saturated carbocycles. The minimum atomic E-state index is -0.685. The fourth-order valence-electron chi connectivity index (χ4n) is 1.84. The number of hydrogen-bond donors (Lipinski definition) is 2. The SMILES string of the molecule is Oc1ccc(Cl)c(F)c1-c1nc2ccccc2[nH]1. The molecular weight excluding hydrogens is 255 g/mol. The molecule has 3 nitrogen and oxygen atoms in total. The van der Waals surface area contributed by atoms with Crippen molar-refractivity contribution in [3.05, 3.63) is 47.2 Å². The van der Waals surface area contributed by atoms with E-state index >= 15 is 0 Å². The van der Waals surface area contributed by atoms with E-state index in [9.17, 15) is 9.50 Å². The number of fused-ring (bicyclic) bond motifs is 1. The van der Waals surface area contributed by atoms with Gasteiger partial charge in [0, 0.05) is 0 Å². The van der Waals surface area contributed by atoms with Crippen LogP contribution in [0, 0.1) is 5.82 Å². The molecule has 2 N–H and O–H groups in total.